The highest BCUT2D eigenvalue weighted by molar-refractivity contribution is 14.0. The van der Waals surface area contributed by atoms with Gasteiger partial charge in [0.1, 0.15) is 5.82 Å². The Morgan fingerprint density at radius 3 is 2.53 bits per heavy atom. The van der Waals surface area contributed by atoms with E-state index in [0.29, 0.717) is 0 Å². The zero-order valence-corrected chi connectivity index (χ0v) is 14.3. The molecule has 0 atom stereocenters. The van der Waals surface area contributed by atoms with Crippen LogP contribution in [0.5, 0.6) is 0 Å². The van der Waals surface area contributed by atoms with Crippen molar-refractivity contribution in [2.45, 2.75) is 32.7 Å². The van der Waals surface area contributed by atoms with Crippen LogP contribution in [0.2, 0.25) is 0 Å². The van der Waals surface area contributed by atoms with E-state index in [9.17, 15) is 4.39 Å². The molecule has 0 saturated carbocycles. The molecule has 0 radical (unpaired) electrons. The first-order valence-corrected chi connectivity index (χ1v) is 6.14. The Morgan fingerprint density at radius 2 is 2.00 bits per heavy atom. The van der Waals surface area contributed by atoms with Crippen molar-refractivity contribution in [1.82, 2.24) is 10.6 Å². The second-order valence-electron chi connectivity index (χ2n) is 5.25. The average Bonchev–Trinajstić information content (AvgIpc) is 2.26. The number of hydrogen-bond donors (Lipinski definition) is 2. The highest BCUT2D eigenvalue weighted by atomic mass is 127. The number of nitrogens with zero attached hydrogens (tertiary/aromatic N) is 1. The van der Waals surface area contributed by atoms with Crippen molar-refractivity contribution < 1.29 is 4.39 Å². The average molecular weight is 379 g/mol. The minimum absolute atomic E-state index is 0. The summed E-state index contributed by atoms with van der Waals surface area (Å²) in [5, 5.41) is 6.48. The number of rotatable bonds is 3. The maximum Gasteiger partial charge on any atom is 0.191 e. The third-order valence-corrected chi connectivity index (χ3v) is 2.31. The van der Waals surface area contributed by atoms with E-state index < -0.39 is 0 Å². The Labute approximate surface area is 132 Å². The van der Waals surface area contributed by atoms with Crippen molar-refractivity contribution in [2.24, 2.45) is 4.99 Å². The Kier molecular flexibility index (Phi) is 7.97. The second-order valence-corrected chi connectivity index (χ2v) is 5.25. The van der Waals surface area contributed by atoms with Gasteiger partial charge in [-0.2, -0.15) is 0 Å². The molecule has 2 N–H and O–H groups in total. The van der Waals surface area contributed by atoms with Crippen molar-refractivity contribution in [3.05, 3.63) is 35.6 Å². The van der Waals surface area contributed by atoms with Crippen LogP contribution in [-0.2, 0) is 6.42 Å². The van der Waals surface area contributed by atoms with E-state index in [2.05, 4.69) is 36.4 Å². The smallest absolute Gasteiger partial charge is 0.191 e. The number of guanidine groups is 1. The second kappa shape index (κ2) is 8.35. The molecule has 0 saturated heterocycles. The summed E-state index contributed by atoms with van der Waals surface area (Å²) in [4.78, 5) is 4.14. The molecule has 1 rings (SSSR count). The third-order valence-electron chi connectivity index (χ3n) is 2.31. The zero-order chi connectivity index (χ0) is 13.6. The molecule has 1 aromatic carbocycles. The summed E-state index contributed by atoms with van der Waals surface area (Å²) in [6, 6.07) is 6.66. The molecule has 0 fully saturated rings. The van der Waals surface area contributed by atoms with E-state index in [1.54, 1.807) is 19.2 Å². The minimum atomic E-state index is -0.190. The zero-order valence-electron chi connectivity index (χ0n) is 12.0. The fraction of sp³-hybridized carbons (Fsp3) is 0.500. The predicted molar refractivity (Wildman–Crippen MR) is 89.8 cm³/mol. The first kappa shape index (κ1) is 18.1. The monoisotopic (exact) mass is 379 g/mol. The maximum atomic E-state index is 13.0. The summed E-state index contributed by atoms with van der Waals surface area (Å²) < 4.78 is 13.0. The summed E-state index contributed by atoms with van der Waals surface area (Å²) in [5.74, 6) is 0.573. The van der Waals surface area contributed by atoms with E-state index >= 15 is 0 Å². The molecule has 0 aliphatic heterocycles. The number of aliphatic imine (C=N–C) groups is 1. The lowest BCUT2D eigenvalue weighted by molar-refractivity contribution is 0.501. The number of hydrogen-bond acceptors (Lipinski definition) is 1. The lowest BCUT2D eigenvalue weighted by atomic mass is 10.1. The van der Waals surface area contributed by atoms with Gasteiger partial charge in [-0.25, -0.2) is 4.39 Å². The van der Waals surface area contributed by atoms with Gasteiger partial charge in [-0.15, -0.1) is 24.0 Å². The van der Waals surface area contributed by atoms with Gasteiger partial charge in [0.2, 0.25) is 0 Å². The SMILES string of the molecule is CN=C(NCCc1cccc(F)c1)NC(C)(C)C.I. The van der Waals surface area contributed by atoms with Crippen LogP contribution >= 0.6 is 24.0 Å². The van der Waals surface area contributed by atoms with Gasteiger partial charge in [0.25, 0.3) is 0 Å². The topological polar surface area (TPSA) is 36.4 Å². The Hall–Kier alpha value is -0.850. The Balaban J connectivity index is 0.00000324. The van der Waals surface area contributed by atoms with Crippen LogP contribution < -0.4 is 10.6 Å². The molecule has 108 valence electrons. The van der Waals surface area contributed by atoms with E-state index in [1.165, 1.54) is 6.07 Å². The van der Waals surface area contributed by atoms with Crippen LogP contribution in [0.4, 0.5) is 4.39 Å². The van der Waals surface area contributed by atoms with E-state index in [0.717, 1.165) is 24.5 Å². The molecular formula is C14H23FIN3. The molecule has 5 heteroatoms. The lowest BCUT2D eigenvalue weighted by Gasteiger charge is -2.23. The molecular weight excluding hydrogens is 356 g/mol. The van der Waals surface area contributed by atoms with Gasteiger partial charge in [0, 0.05) is 19.1 Å². The minimum Gasteiger partial charge on any atom is -0.356 e. The lowest BCUT2D eigenvalue weighted by Crippen LogP contribution is -2.48. The first-order chi connectivity index (χ1) is 8.40. The quantitative estimate of drug-likeness (QED) is 0.481. The fourth-order valence-electron chi connectivity index (χ4n) is 1.55. The van der Waals surface area contributed by atoms with Gasteiger partial charge >= 0.3 is 0 Å². The Morgan fingerprint density at radius 1 is 1.32 bits per heavy atom. The van der Waals surface area contributed by atoms with Crippen LogP contribution in [0.3, 0.4) is 0 Å². The van der Waals surface area contributed by atoms with Crippen molar-refractivity contribution >= 4 is 29.9 Å². The summed E-state index contributed by atoms with van der Waals surface area (Å²) >= 11 is 0. The van der Waals surface area contributed by atoms with Crippen molar-refractivity contribution in [3.63, 3.8) is 0 Å². The van der Waals surface area contributed by atoms with E-state index in [-0.39, 0.29) is 35.3 Å². The highest BCUT2D eigenvalue weighted by Gasteiger charge is 2.11. The molecule has 0 aliphatic carbocycles. The molecule has 19 heavy (non-hydrogen) atoms. The van der Waals surface area contributed by atoms with Crippen LogP contribution in [0.15, 0.2) is 29.3 Å². The maximum absolute atomic E-state index is 13.0. The van der Waals surface area contributed by atoms with Crippen molar-refractivity contribution in [1.29, 1.82) is 0 Å². The summed E-state index contributed by atoms with van der Waals surface area (Å²) in [6.45, 7) is 6.95. The van der Waals surface area contributed by atoms with Crippen LogP contribution in [0.1, 0.15) is 26.3 Å². The summed E-state index contributed by atoms with van der Waals surface area (Å²) in [7, 11) is 1.74. The predicted octanol–water partition coefficient (Wildman–Crippen LogP) is 2.95. The summed E-state index contributed by atoms with van der Waals surface area (Å²) in [5.41, 5.74) is 0.953. The first-order valence-electron chi connectivity index (χ1n) is 6.14. The Bertz CT molecular complexity index is 413. The molecule has 0 spiro atoms. The van der Waals surface area contributed by atoms with Gasteiger partial charge in [0.15, 0.2) is 5.96 Å². The molecule has 0 unspecified atom stereocenters. The van der Waals surface area contributed by atoms with Crippen LogP contribution in [-0.4, -0.2) is 25.1 Å². The molecule has 0 aromatic heterocycles. The van der Waals surface area contributed by atoms with Gasteiger partial charge in [-0.05, 0) is 44.9 Å². The highest BCUT2D eigenvalue weighted by Crippen LogP contribution is 2.03. The van der Waals surface area contributed by atoms with Gasteiger partial charge in [-0.3, -0.25) is 4.99 Å². The molecule has 0 heterocycles. The van der Waals surface area contributed by atoms with Crippen molar-refractivity contribution in [2.75, 3.05) is 13.6 Å². The van der Waals surface area contributed by atoms with Gasteiger partial charge < -0.3 is 10.6 Å². The van der Waals surface area contributed by atoms with E-state index in [4.69, 9.17) is 0 Å². The fourth-order valence-corrected chi connectivity index (χ4v) is 1.55. The summed E-state index contributed by atoms with van der Waals surface area (Å²) in [6.07, 6.45) is 0.766. The third kappa shape index (κ3) is 8.02. The standard InChI is InChI=1S/C14H22FN3.HI/c1-14(2,3)18-13(16-4)17-9-8-11-6-5-7-12(15)10-11;/h5-7,10H,8-9H2,1-4H3,(H2,16,17,18);1H. The molecule has 0 amide bonds. The van der Waals surface area contributed by atoms with Gasteiger partial charge in [-0.1, -0.05) is 12.1 Å². The van der Waals surface area contributed by atoms with Crippen LogP contribution in [0.25, 0.3) is 0 Å². The molecule has 1 aromatic rings. The molecule has 0 aliphatic rings. The normalized spacial score (nSPS) is 11.7. The van der Waals surface area contributed by atoms with Crippen molar-refractivity contribution in [3.8, 4) is 0 Å². The number of nitrogens with one attached hydrogen (secondary N) is 2. The van der Waals surface area contributed by atoms with E-state index in [1.807, 2.05) is 6.07 Å². The largest absolute Gasteiger partial charge is 0.356 e. The van der Waals surface area contributed by atoms with Crippen LogP contribution in [0, 0.1) is 5.82 Å². The number of halogens is 2. The number of benzene rings is 1. The molecule has 0 bridgehead atoms. The van der Waals surface area contributed by atoms with Gasteiger partial charge in [0.05, 0.1) is 0 Å². The molecule has 3 nitrogen and oxygen atoms in total.